The fourth-order valence-electron chi connectivity index (χ4n) is 1.25. The SMILES string of the molecule is CC(O)(CNS(=O)(=O)c1ccc(F)cc1[N+](=O)[O-])C(=O)O. The number of aliphatic carboxylic acids is 1. The van der Waals surface area contributed by atoms with Crippen LogP contribution >= 0.6 is 0 Å². The summed E-state index contributed by atoms with van der Waals surface area (Å²) in [5, 5.41) is 28.8. The van der Waals surface area contributed by atoms with Gasteiger partial charge in [0.05, 0.1) is 17.5 Å². The molecule has 0 fully saturated rings. The molecular formula is C10H11FN2O7S. The second-order valence-electron chi connectivity index (χ2n) is 4.27. The van der Waals surface area contributed by atoms with Crippen molar-refractivity contribution in [1.82, 2.24) is 4.72 Å². The van der Waals surface area contributed by atoms with E-state index in [-0.39, 0.29) is 0 Å². The quantitative estimate of drug-likeness (QED) is 0.487. The van der Waals surface area contributed by atoms with Crippen LogP contribution in [-0.4, -0.2) is 41.7 Å². The second kappa shape index (κ2) is 5.71. The Morgan fingerprint density at radius 2 is 2.10 bits per heavy atom. The molecule has 0 aliphatic rings. The summed E-state index contributed by atoms with van der Waals surface area (Å²) < 4.78 is 38.5. The molecule has 3 N–H and O–H groups in total. The molecule has 11 heteroatoms. The van der Waals surface area contributed by atoms with Gasteiger partial charge in [0.15, 0.2) is 10.5 Å². The number of rotatable bonds is 6. The van der Waals surface area contributed by atoms with Crippen molar-refractivity contribution in [3.8, 4) is 0 Å². The number of nitro benzene ring substituents is 1. The van der Waals surface area contributed by atoms with Gasteiger partial charge >= 0.3 is 5.97 Å². The minimum atomic E-state index is -4.50. The van der Waals surface area contributed by atoms with E-state index in [1.54, 1.807) is 4.72 Å². The molecule has 1 aromatic carbocycles. The number of benzene rings is 1. The van der Waals surface area contributed by atoms with Crippen LogP contribution in [-0.2, 0) is 14.8 Å². The van der Waals surface area contributed by atoms with Crippen molar-refractivity contribution in [3.05, 3.63) is 34.1 Å². The Morgan fingerprint density at radius 1 is 1.52 bits per heavy atom. The molecule has 0 aliphatic carbocycles. The molecule has 21 heavy (non-hydrogen) atoms. The third-order valence-corrected chi connectivity index (χ3v) is 3.92. The first-order valence-corrected chi connectivity index (χ1v) is 6.85. The number of carboxylic acids is 1. The first kappa shape index (κ1) is 16.9. The highest BCUT2D eigenvalue weighted by Gasteiger charge is 2.33. The average molecular weight is 322 g/mol. The van der Waals surface area contributed by atoms with E-state index >= 15 is 0 Å². The monoisotopic (exact) mass is 322 g/mol. The van der Waals surface area contributed by atoms with E-state index in [2.05, 4.69) is 0 Å². The fourth-order valence-corrected chi connectivity index (χ4v) is 2.53. The largest absolute Gasteiger partial charge is 0.479 e. The maximum absolute atomic E-state index is 12.9. The van der Waals surface area contributed by atoms with E-state index in [1.165, 1.54) is 0 Å². The summed E-state index contributed by atoms with van der Waals surface area (Å²) >= 11 is 0. The maximum atomic E-state index is 12.9. The van der Waals surface area contributed by atoms with Crippen molar-refractivity contribution in [3.63, 3.8) is 0 Å². The van der Waals surface area contributed by atoms with Crippen LogP contribution in [0.3, 0.4) is 0 Å². The molecule has 1 unspecified atom stereocenters. The van der Waals surface area contributed by atoms with E-state index in [9.17, 15) is 32.8 Å². The van der Waals surface area contributed by atoms with Crippen molar-refractivity contribution in [1.29, 1.82) is 0 Å². The highest BCUT2D eigenvalue weighted by atomic mass is 32.2. The van der Waals surface area contributed by atoms with Crippen LogP contribution in [0.4, 0.5) is 10.1 Å². The van der Waals surface area contributed by atoms with Crippen LogP contribution in [0, 0.1) is 15.9 Å². The van der Waals surface area contributed by atoms with Crippen molar-refractivity contribution in [2.45, 2.75) is 17.4 Å². The number of carbonyl (C=O) groups is 1. The second-order valence-corrected chi connectivity index (χ2v) is 6.01. The van der Waals surface area contributed by atoms with Gasteiger partial charge in [-0.05, 0) is 19.1 Å². The Hall–Kier alpha value is -2.11. The zero-order chi connectivity index (χ0) is 16.4. The number of halogens is 1. The number of nitro groups is 1. The van der Waals surface area contributed by atoms with E-state index < -0.39 is 49.5 Å². The first-order valence-electron chi connectivity index (χ1n) is 5.37. The molecule has 0 heterocycles. The van der Waals surface area contributed by atoms with Crippen molar-refractivity contribution in [2.24, 2.45) is 0 Å². The lowest BCUT2D eigenvalue weighted by Gasteiger charge is -2.18. The first-order chi connectivity index (χ1) is 9.47. The third-order valence-electron chi connectivity index (χ3n) is 2.47. The van der Waals surface area contributed by atoms with Crippen molar-refractivity contribution in [2.75, 3.05) is 6.54 Å². The summed E-state index contributed by atoms with van der Waals surface area (Å²) in [5.41, 5.74) is -3.40. The normalized spacial score (nSPS) is 14.4. The molecule has 1 rings (SSSR count). The smallest absolute Gasteiger partial charge is 0.336 e. The summed E-state index contributed by atoms with van der Waals surface area (Å²) in [6, 6.07) is 1.80. The summed E-state index contributed by atoms with van der Waals surface area (Å²) in [6.45, 7) is -0.0733. The van der Waals surface area contributed by atoms with Gasteiger partial charge in [0.1, 0.15) is 5.82 Å². The highest BCUT2D eigenvalue weighted by Crippen LogP contribution is 2.24. The number of carboxylic acid groups (broad SMARTS) is 1. The van der Waals surface area contributed by atoms with E-state index in [0.29, 0.717) is 18.2 Å². The molecule has 0 saturated carbocycles. The average Bonchev–Trinajstić information content (AvgIpc) is 2.36. The molecule has 0 spiro atoms. The predicted molar refractivity (Wildman–Crippen MR) is 66.5 cm³/mol. The van der Waals surface area contributed by atoms with Gasteiger partial charge in [-0.25, -0.2) is 22.3 Å². The number of nitrogens with one attached hydrogen (secondary N) is 1. The van der Waals surface area contributed by atoms with Gasteiger partial charge in [0.25, 0.3) is 5.69 Å². The molecule has 1 atom stereocenters. The van der Waals surface area contributed by atoms with Crippen molar-refractivity contribution < 1.29 is 32.7 Å². The van der Waals surface area contributed by atoms with Crippen LogP contribution in [0.5, 0.6) is 0 Å². The van der Waals surface area contributed by atoms with E-state index in [4.69, 9.17) is 5.11 Å². The predicted octanol–water partition coefficient (Wildman–Crippen LogP) is -0.152. The zero-order valence-electron chi connectivity index (χ0n) is 10.6. The van der Waals surface area contributed by atoms with Gasteiger partial charge in [0, 0.05) is 0 Å². The number of aliphatic hydroxyl groups is 1. The Bertz CT molecular complexity index is 687. The van der Waals surface area contributed by atoms with Crippen LogP contribution in [0.1, 0.15) is 6.92 Å². The van der Waals surface area contributed by atoms with Crippen LogP contribution in [0.15, 0.2) is 23.1 Å². The minimum Gasteiger partial charge on any atom is -0.479 e. The Morgan fingerprint density at radius 3 is 2.57 bits per heavy atom. The van der Waals surface area contributed by atoms with Gasteiger partial charge in [-0.2, -0.15) is 0 Å². The van der Waals surface area contributed by atoms with E-state index in [0.717, 1.165) is 6.92 Å². The van der Waals surface area contributed by atoms with Gasteiger partial charge in [-0.15, -0.1) is 0 Å². The zero-order valence-corrected chi connectivity index (χ0v) is 11.4. The highest BCUT2D eigenvalue weighted by molar-refractivity contribution is 7.89. The standard InChI is InChI=1S/C10H11FN2O7S/c1-10(16,9(14)15)5-12-21(19,20)8-3-2-6(11)4-7(8)13(17)18/h2-4,12,16H,5H2,1H3,(H,14,15). The lowest BCUT2D eigenvalue weighted by atomic mass is 10.1. The lowest BCUT2D eigenvalue weighted by Crippen LogP contribution is -2.46. The molecule has 0 radical (unpaired) electrons. The fraction of sp³-hybridized carbons (Fsp3) is 0.300. The van der Waals surface area contributed by atoms with Gasteiger partial charge in [-0.3, -0.25) is 10.1 Å². The maximum Gasteiger partial charge on any atom is 0.336 e. The molecular weight excluding hydrogens is 311 g/mol. The number of hydrogen-bond donors (Lipinski definition) is 3. The molecule has 1 aromatic rings. The molecule has 0 amide bonds. The number of hydrogen-bond acceptors (Lipinski definition) is 6. The van der Waals surface area contributed by atoms with Gasteiger partial charge in [0.2, 0.25) is 10.0 Å². The summed E-state index contributed by atoms with van der Waals surface area (Å²) in [6.07, 6.45) is 0. The number of sulfonamides is 1. The van der Waals surface area contributed by atoms with Crippen LogP contribution in [0.25, 0.3) is 0 Å². The molecule has 0 bridgehead atoms. The lowest BCUT2D eigenvalue weighted by molar-refractivity contribution is -0.388. The topological polar surface area (TPSA) is 147 Å². The van der Waals surface area contributed by atoms with E-state index in [1.807, 2.05) is 0 Å². The molecule has 0 aliphatic heterocycles. The number of nitrogens with zero attached hydrogens (tertiary/aromatic N) is 1. The minimum absolute atomic E-state index is 0.421. The summed E-state index contributed by atoms with van der Waals surface area (Å²) in [5.74, 6) is -2.68. The third kappa shape index (κ3) is 3.93. The Kier molecular flexibility index (Phi) is 4.61. The van der Waals surface area contributed by atoms with Crippen molar-refractivity contribution >= 4 is 21.7 Å². The molecule has 0 saturated heterocycles. The molecule has 9 nitrogen and oxygen atoms in total. The van der Waals surface area contributed by atoms with Gasteiger partial charge < -0.3 is 10.2 Å². The summed E-state index contributed by atoms with van der Waals surface area (Å²) in [7, 11) is -4.50. The van der Waals surface area contributed by atoms with Crippen LogP contribution in [0.2, 0.25) is 0 Å². The Labute approximate surface area is 118 Å². The van der Waals surface area contributed by atoms with Gasteiger partial charge in [-0.1, -0.05) is 0 Å². The Balaban J connectivity index is 3.15. The molecule has 116 valence electrons. The van der Waals surface area contributed by atoms with Crippen LogP contribution < -0.4 is 4.72 Å². The molecule has 0 aromatic heterocycles. The summed E-state index contributed by atoms with van der Waals surface area (Å²) in [4.78, 5) is 19.5.